The van der Waals surface area contributed by atoms with E-state index in [0.29, 0.717) is 44.8 Å². The SMILES string of the molecule is Cc1nc(-c2ccc(F)cc2)sc1-c1cc(C(=O)N2CCC3(CC2)OCCO3)n[nH]1. The van der Waals surface area contributed by atoms with E-state index in [9.17, 15) is 9.18 Å². The molecule has 2 aliphatic heterocycles. The molecule has 3 aromatic rings. The van der Waals surface area contributed by atoms with Gasteiger partial charge in [-0.1, -0.05) is 0 Å². The molecule has 0 saturated carbocycles. The molecule has 0 aliphatic carbocycles. The van der Waals surface area contributed by atoms with Crippen LogP contribution in [0.5, 0.6) is 0 Å². The molecule has 0 unspecified atom stereocenters. The first-order valence-corrected chi connectivity index (χ1v) is 10.7. The lowest BCUT2D eigenvalue weighted by atomic mass is 10.0. The summed E-state index contributed by atoms with van der Waals surface area (Å²) in [7, 11) is 0. The molecule has 0 radical (unpaired) electrons. The van der Waals surface area contributed by atoms with Gasteiger partial charge in [0.1, 0.15) is 10.8 Å². The van der Waals surface area contributed by atoms with E-state index in [-0.39, 0.29) is 11.7 Å². The second-order valence-corrected chi connectivity index (χ2v) is 8.51. The molecule has 5 rings (SSSR count). The highest BCUT2D eigenvalue weighted by atomic mass is 32.1. The fourth-order valence-corrected chi connectivity index (χ4v) is 4.95. The van der Waals surface area contributed by atoms with Gasteiger partial charge in [0, 0.05) is 31.5 Å². The third kappa shape index (κ3) is 3.53. The Morgan fingerprint density at radius 2 is 1.90 bits per heavy atom. The summed E-state index contributed by atoms with van der Waals surface area (Å²) in [4.78, 5) is 20.2. The minimum Gasteiger partial charge on any atom is -0.347 e. The van der Waals surface area contributed by atoms with Crippen LogP contribution in [-0.2, 0) is 9.47 Å². The highest BCUT2D eigenvalue weighted by Gasteiger charge is 2.41. The van der Waals surface area contributed by atoms with Crippen molar-refractivity contribution in [2.45, 2.75) is 25.6 Å². The Balaban J connectivity index is 1.32. The zero-order valence-corrected chi connectivity index (χ0v) is 17.3. The van der Waals surface area contributed by atoms with E-state index in [1.54, 1.807) is 23.1 Å². The fraction of sp³-hybridized carbons (Fsp3) is 0.381. The summed E-state index contributed by atoms with van der Waals surface area (Å²) in [5.74, 6) is -0.894. The number of halogens is 1. The number of H-pyrrole nitrogens is 1. The van der Waals surface area contributed by atoms with Crippen LogP contribution in [0.4, 0.5) is 4.39 Å². The number of aryl methyl sites for hydroxylation is 1. The van der Waals surface area contributed by atoms with Gasteiger partial charge in [-0.15, -0.1) is 11.3 Å². The van der Waals surface area contributed by atoms with Gasteiger partial charge in [0.2, 0.25) is 0 Å². The number of benzene rings is 1. The van der Waals surface area contributed by atoms with Crippen LogP contribution >= 0.6 is 11.3 Å². The van der Waals surface area contributed by atoms with Gasteiger partial charge in [0.25, 0.3) is 5.91 Å². The van der Waals surface area contributed by atoms with E-state index in [1.807, 2.05) is 6.92 Å². The maximum atomic E-state index is 13.2. The minimum atomic E-state index is -0.510. The number of piperidine rings is 1. The summed E-state index contributed by atoms with van der Waals surface area (Å²) in [5, 5.41) is 8.01. The molecule has 2 aliphatic rings. The van der Waals surface area contributed by atoms with Crippen molar-refractivity contribution in [3.05, 3.63) is 47.5 Å². The number of nitrogens with zero attached hydrogens (tertiary/aromatic N) is 3. The van der Waals surface area contributed by atoms with E-state index in [1.165, 1.54) is 23.5 Å². The molecule has 9 heteroatoms. The smallest absolute Gasteiger partial charge is 0.274 e. The molecule has 1 aromatic carbocycles. The molecule has 0 bridgehead atoms. The average molecular weight is 428 g/mol. The zero-order chi connectivity index (χ0) is 20.7. The highest BCUT2D eigenvalue weighted by Crippen LogP contribution is 2.35. The van der Waals surface area contributed by atoms with Gasteiger partial charge in [-0.25, -0.2) is 9.37 Å². The highest BCUT2D eigenvalue weighted by molar-refractivity contribution is 7.18. The summed E-state index contributed by atoms with van der Waals surface area (Å²) < 4.78 is 24.6. The monoisotopic (exact) mass is 428 g/mol. The molecule has 30 heavy (non-hydrogen) atoms. The number of carbonyl (C=O) groups is 1. The van der Waals surface area contributed by atoms with E-state index in [2.05, 4.69) is 15.2 Å². The largest absolute Gasteiger partial charge is 0.347 e. The van der Waals surface area contributed by atoms with Crippen LogP contribution in [0.15, 0.2) is 30.3 Å². The van der Waals surface area contributed by atoms with Crippen LogP contribution in [0.25, 0.3) is 21.1 Å². The first-order chi connectivity index (χ1) is 14.5. The summed E-state index contributed by atoms with van der Waals surface area (Å²) in [6, 6.07) is 8.02. The molecule has 1 N–H and O–H groups in total. The zero-order valence-electron chi connectivity index (χ0n) is 16.5. The number of carbonyl (C=O) groups excluding carboxylic acids is 1. The Kier molecular flexibility index (Phi) is 4.88. The van der Waals surface area contributed by atoms with Crippen LogP contribution in [0.2, 0.25) is 0 Å². The molecule has 2 aromatic heterocycles. The molecule has 1 amide bonds. The summed E-state index contributed by atoms with van der Waals surface area (Å²) in [6.45, 7) is 4.30. The van der Waals surface area contributed by atoms with E-state index < -0.39 is 5.79 Å². The van der Waals surface area contributed by atoms with Crippen molar-refractivity contribution in [3.8, 4) is 21.1 Å². The Morgan fingerprint density at radius 1 is 1.20 bits per heavy atom. The number of thiazole rings is 1. The number of aromatic amines is 1. The summed E-state index contributed by atoms with van der Waals surface area (Å²) in [6.07, 6.45) is 1.34. The third-order valence-electron chi connectivity index (χ3n) is 5.56. The Morgan fingerprint density at radius 3 is 2.60 bits per heavy atom. The predicted octanol–water partition coefficient (Wildman–Crippen LogP) is 3.63. The van der Waals surface area contributed by atoms with Gasteiger partial charge >= 0.3 is 0 Å². The number of nitrogens with one attached hydrogen (secondary N) is 1. The Labute approximate surface area is 176 Å². The second kappa shape index (κ2) is 7.57. The second-order valence-electron chi connectivity index (χ2n) is 7.51. The maximum absolute atomic E-state index is 13.2. The van der Waals surface area contributed by atoms with Crippen molar-refractivity contribution in [1.82, 2.24) is 20.1 Å². The van der Waals surface area contributed by atoms with Gasteiger partial charge in [-0.05, 0) is 37.3 Å². The van der Waals surface area contributed by atoms with Gasteiger partial charge in [0.15, 0.2) is 11.5 Å². The standard InChI is InChI=1S/C21H21FN4O3S/c1-13-18(30-19(23-13)14-2-4-15(22)5-3-14)16-12-17(25-24-16)20(27)26-8-6-21(7-9-26)28-10-11-29-21/h2-5,12H,6-11H2,1H3,(H,24,25). The number of hydrogen-bond acceptors (Lipinski definition) is 6. The third-order valence-corrected chi connectivity index (χ3v) is 6.80. The summed E-state index contributed by atoms with van der Waals surface area (Å²) >= 11 is 1.48. The van der Waals surface area contributed by atoms with Crippen molar-refractivity contribution < 1.29 is 18.7 Å². The lowest BCUT2D eigenvalue weighted by Crippen LogP contribution is -2.47. The van der Waals surface area contributed by atoms with E-state index in [0.717, 1.165) is 26.8 Å². The molecule has 2 fully saturated rings. The minimum absolute atomic E-state index is 0.105. The number of amides is 1. The number of hydrogen-bond donors (Lipinski definition) is 1. The van der Waals surface area contributed by atoms with E-state index >= 15 is 0 Å². The molecule has 1 spiro atoms. The number of ether oxygens (including phenoxy) is 2. The quantitative estimate of drug-likeness (QED) is 0.689. The van der Waals surface area contributed by atoms with Crippen LogP contribution in [0.1, 0.15) is 29.0 Å². The number of likely N-dealkylation sites (tertiary alicyclic amines) is 1. The van der Waals surface area contributed by atoms with Gasteiger partial charge < -0.3 is 14.4 Å². The van der Waals surface area contributed by atoms with Crippen molar-refractivity contribution in [2.75, 3.05) is 26.3 Å². The Hall–Kier alpha value is -2.62. The molecule has 0 atom stereocenters. The van der Waals surface area contributed by atoms with Gasteiger partial charge in [-0.3, -0.25) is 9.89 Å². The van der Waals surface area contributed by atoms with E-state index in [4.69, 9.17) is 9.47 Å². The molecular formula is C21H21FN4O3S. The van der Waals surface area contributed by atoms with Crippen molar-refractivity contribution in [3.63, 3.8) is 0 Å². The topological polar surface area (TPSA) is 80.3 Å². The summed E-state index contributed by atoms with van der Waals surface area (Å²) in [5.41, 5.74) is 2.81. The van der Waals surface area contributed by atoms with Gasteiger partial charge in [0.05, 0.1) is 29.5 Å². The molecule has 4 heterocycles. The lowest BCUT2D eigenvalue weighted by molar-refractivity contribution is -0.181. The van der Waals surface area contributed by atoms with Crippen LogP contribution in [-0.4, -0.2) is 58.1 Å². The van der Waals surface area contributed by atoms with Crippen molar-refractivity contribution in [1.29, 1.82) is 0 Å². The van der Waals surface area contributed by atoms with Crippen molar-refractivity contribution >= 4 is 17.2 Å². The van der Waals surface area contributed by atoms with Crippen LogP contribution in [0, 0.1) is 12.7 Å². The first-order valence-electron chi connectivity index (χ1n) is 9.89. The maximum Gasteiger partial charge on any atom is 0.274 e. The van der Waals surface area contributed by atoms with Crippen LogP contribution in [0.3, 0.4) is 0 Å². The molecular weight excluding hydrogens is 407 g/mol. The average Bonchev–Trinajstić information content (AvgIpc) is 3.49. The fourth-order valence-electron chi connectivity index (χ4n) is 3.91. The lowest BCUT2D eigenvalue weighted by Gasteiger charge is -2.37. The first kappa shape index (κ1) is 19.3. The predicted molar refractivity (Wildman–Crippen MR) is 110 cm³/mol. The molecule has 7 nitrogen and oxygen atoms in total. The number of rotatable bonds is 3. The molecule has 2 saturated heterocycles. The van der Waals surface area contributed by atoms with Gasteiger partial charge in [-0.2, -0.15) is 5.10 Å². The normalized spacial score (nSPS) is 18.3. The number of aromatic nitrogens is 3. The Bertz CT molecular complexity index is 1060. The van der Waals surface area contributed by atoms with Crippen molar-refractivity contribution in [2.24, 2.45) is 0 Å². The molecule has 156 valence electrons. The van der Waals surface area contributed by atoms with Crippen LogP contribution < -0.4 is 0 Å².